The summed E-state index contributed by atoms with van der Waals surface area (Å²) in [5, 5.41) is 4.92. The van der Waals surface area contributed by atoms with Gasteiger partial charge in [0.15, 0.2) is 0 Å². The van der Waals surface area contributed by atoms with E-state index < -0.39 is 10.0 Å². The first-order valence-corrected chi connectivity index (χ1v) is 13.3. The van der Waals surface area contributed by atoms with Crippen molar-refractivity contribution >= 4 is 33.0 Å². The summed E-state index contributed by atoms with van der Waals surface area (Å²) in [5.41, 5.74) is 2.85. The Morgan fingerprint density at radius 1 is 1.12 bits per heavy atom. The monoisotopic (exact) mass is 487 g/mol. The second-order valence-electron chi connectivity index (χ2n) is 8.23. The molecule has 3 heterocycles. The zero-order valence-electron chi connectivity index (χ0n) is 19.1. The van der Waals surface area contributed by atoms with E-state index in [9.17, 15) is 13.2 Å². The van der Waals surface area contributed by atoms with Crippen LogP contribution in [0.2, 0.25) is 0 Å². The van der Waals surface area contributed by atoms with Crippen LogP contribution in [-0.2, 0) is 16.6 Å². The number of methoxy groups -OCH3 is 1. The molecule has 176 valence electrons. The van der Waals surface area contributed by atoms with Crippen LogP contribution in [0.5, 0.6) is 5.75 Å². The molecule has 9 heteroatoms. The van der Waals surface area contributed by atoms with E-state index in [4.69, 9.17) is 4.74 Å². The van der Waals surface area contributed by atoms with E-state index in [0.29, 0.717) is 30.9 Å². The molecular weight excluding hydrogens is 458 g/mol. The predicted molar refractivity (Wildman–Crippen MR) is 131 cm³/mol. The lowest BCUT2D eigenvalue weighted by molar-refractivity contribution is 0.102. The average Bonchev–Trinajstić information content (AvgIpc) is 3.43. The Labute approximate surface area is 199 Å². The Kier molecular flexibility index (Phi) is 6.92. The summed E-state index contributed by atoms with van der Waals surface area (Å²) in [4.78, 5) is 14.4. The van der Waals surface area contributed by atoms with Crippen molar-refractivity contribution in [3.8, 4) is 5.75 Å². The number of hydrogen-bond donors (Lipinski definition) is 1. The zero-order valence-corrected chi connectivity index (χ0v) is 20.8. The quantitative estimate of drug-likeness (QED) is 0.526. The number of benzene rings is 1. The first kappa shape index (κ1) is 23.5. The number of aromatic nitrogens is 1. The van der Waals surface area contributed by atoms with Gasteiger partial charge in [-0.15, -0.1) is 11.3 Å². The molecule has 1 fully saturated rings. The molecule has 1 saturated heterocycles. The third kappa shape index (κ3) is 4.85. The Morgan fingerprint density at radius 2 is 1.88 bits per heavy atom. The second-order valence-corrected chi connectivity index (χ2v) is 11.2. The molecule has 3 aromatic rings. The lowest BCUT2D eigenvalue weighted by Crippen LogP contribution is -2.35. The van der Waals surface area contributed by atoms with Crippen LogP contribution in [0.25, 0.3) is 0 Å². The Morgan fingerprint density at radius 3 is 2.55 bits per heavy atom. The van der Waals surface area contributed by atoms with Crippen LogP contribution in [0, 0.1) is 13.8 Å². The molecule has 0 saturated carbocycles. The maximum atomic E-state index is 13.3. The van der Waals surface area contributed by atoms with Gasteiger partial charge >= 0.3 is 0 Å². The molecule has 1 N–H and O–H groups in total. The summed E-state index contributed by atoms with van der Waals surface area (Å²) in [7, 11) is -2.26. The predicted octanol–water partition coefficient (Wildman–Crippen LogP) is 4.65. The van der Waals surface area contributed by atoms with Crippen LogP contribution in [0.1, 0.15) is 45.9 Å². The normalized spacial score (nSPS) is 14.9. The molecule has 7 nitrogen and oxygen atoms in total. The first-order valence-electron chi connectivity index (χ1n) is 11.0. The number of piperidine rings is 1. The first-order chi connectivity index (χ1) is 15.8. The highest BCUT2D eigenvalue weighted by molar-refractivity contribution is 7.89. The van der Waals surface area contributed by atoms with Crippen molar-refractivity contribution in [2.75, 3.05) is 25.5 Å². The topological polar surface area (TPSA) is 80.6 Å². The molecule has 1 aliphatic heterocycles. The van der Waals surface area contributed by atoms with Crippen LogP contribution < -0.4 is 10.1 Å². The number of amides is 1. The summed E-state index contributed by atoms with van der Waals surface area (Å²) in [6.07, 6.45) is 2.72. The summed E-state index contributed by atoms with van der Waals surface area (Å²) in [6, 6.07) is 10.7. The fourth-order valence-corrected chi connectivity index (χ4v) is 6.62. The molecule has 0 aliphatic carbocycles. The minimum Gasteiger partial charge on any atom is -0.495 e. The lowest BCUT2D eigenvalue weighted by Gasteiger charge is -2.26. The van der Waals surface area contributed by atoms with Crippen molar-refractivity contribution in [1.82, 2.24) is 8.87 Å². The number of rotatable bonds is 7. The van der Waals surface area contributed by atoms with Gasteiger partial charge < -0.3 is 14.6 Å². The smallest absolute Gasteiger partial charge is 0.257 e. The summed E-state index contributed by atoms with van der Waals surface area (Å²) < 4.78 is 35.5. The van der Waals surface area contributed by atoms with Gasteiger partial charge in [0, 0.05) is 35.0 Å². The maximum Gasteiger partial charge on any atom is 0.257 e. The third-order valence-electron chi connectivity index (χ3n) is 6.07. The van der Waals surface area contributed by atoms with Crippen LogP contribution in [0.3, 0.4) is 0 Å². The van der Waals surface area contributed by atoms with Gasteiger partial charge in [0.05, 0.1) is 19.2 Å². The maximum absolute atomic E-state index is 13.3. The van der Waals surface area contributed by atoms with Gasteiger partial charge in [0.1, 0.15) is 10.6 Å². The summed E-state index contributed by atoms with van der Waals surface area (Å²) in [6.45, 7) is 5.61. The SMILES string of the molecule is COc1ccc(NC(=O)c2cc(C)n(Cc3cccs3)c2C)cc1S(=O)(=O)N1CCCCC1. The number of carbonyl (C=O) groups is 1. The third-order valence-corrected chi connectivity index (χ3v) is 8.85. The number of nitrogens with one attached hydrogen (secondary N) is 1. The minimum atomic E-state index is -3.71. The lowest BCUT2D eigenvalue weighted by atomic mass is 10.2. The largest absolute Gasteiger partial charge is 0.495 e. The average molecular weight is 488 g/mol. The van der Waals surface area contributed by atoms with Crippen LogP contribution >= 0.6 is 11.3 Å². The Bertz CT molecular complexity index is 1240. The molecule has 0 bridgehead atoms. The van der Waals surface area contributed by atoms with Crippen molar-refractivity contribution in [2.24, 2.45) is 0 Å². The second kappa shape index (κ2) is 9.70. The van der Waals surface area contributed by atoms with Crippen LogP contribution in [0.4, 0.5) is 5.69 Å². The molecule has 4 rings (SSSR count). The molecule has 1 aliphatic rings. The molecule has 0 spiro atoms. The summed E-state index contributed by atoms with van der Waals surface area (Å²) >= 11 is 1.68. The van der Waals surface area contributed by atoms with Gasteiger partial charge in [-0.3, -0.25) is 4.79 Å². The molecule has 2 aromatic heterocycles. The van der Waals surface area contributed by atoms with E-state index in [2.05, 4.69) is 16.0 Å². The van der Waals surface area contributed by atoms with Crippen molar-refractivity contribution in [3.63, 3.8) is 0 Å². The molecular formula is C24H29N3O4S2. The summed E-state index contributed by atoms with van der Waals surface area (Å²) in [5.74, 6) is -0.000264. The molecule has 1 amide bonds. The van der Waals surface area contributed by atoms with Gasteiger partial charge in [-0.25, -0.2) is 8.42 Å². The van der Waals surface area contributed by atoms with Crippen molar-refractivity contribution in [3.05, 3.63) is 63.6 Å². The molecule has 1 aromatic carbocycles. The van der Waals surface area contributed by atoms with Crippen molar-refractivity contribution in [1.29, 1.82) is 0 Å². The number of hydrogen-bond acceptors (Lipinski definition) is 5. The molecule has 0 atom stereocenters. The number of sulfonamides is 1. The number of ether oxygens (including phenoxy) is 1. The number of carbonyl (C=O) groups excluding carboxylic acids is 1. The van der Waals surface area contributed by atoms with E-state index >= 15 is 0 Å². The Hall–Kier alpha value is -2.62. The zero-order chi connectivity index (χ0) is 23.6. The fraction of sp³-hybridized carbons (Fsp3) is 0.375. The minimum absolute atomic E-state index is 0.0767. The Balaban J connectivity index is 1.59. The van der Waals surface area contributed by atoms with Crippen molar-refractivity contribution < 1.29 is 17.9 Å². The van der Waals surface area contributed by atoms with Crippen LogP contribution in [0.15, 0.2) is 46.7 Å². The van der Waals surface area contributed by atoms with Gasteiger partial charge in [0.2, 0.25) is 10.0 Å². The van der Waals surface area contributed by atoms with Gasteiger partial charge in [-0.1, -0.05) is 12.5 Å². The van der Waals surface area contributed by atoms with E-state index in [0.717, 1.165) is 30.7 Å². The van der Waals surface area contributed by atoms with E-state index in [1.54, 1.807) is 23.5 Å². The van der Waals surface area contributed by atoms with Gasteiger partial charge in [-0.2, -0.15) is 4.31 Å². The molecule has 0 radical (unpaired) electrons. The van der Waals surface area contributed by atoms with E-state index in [1.165, 1.54) is 22.4 Å². The number of nitrogens with zero attached hydrogens (tertiary/aromatic N) is 2. The molecule has 0 unspecified atom stereocenters. The number of thiophene rings is 1. The van der Waals surface area contributed by atoms with Crippen LogP contribution in [-0.4, -0.2) is 43.4 Å². The highest BCUT2D eigenvalue weighted by Gasteiger charge is 2.29. The van der Waals surface area contributed by atoms with Crippen molar-refractivity contribution in [2.45, 2.75) is 44.6 Å². The molecule has 33 heavy (non-hydrogen) atoms. The van der Waals surface area contributed by atoms with Gasteiger partial charge in [0.25, 0.3) is 5.91 Å². The standard InChI is InChI=1S/C24H29N3O4S2/c1-17-14-21(18(2)27(17)16-20-8-7-13-32-20)24(28)25-19-9-10-22(31-3)23(15-19)33(29,30)26-11-5-4-6-12-26/h7-10,13-15H,4-6,11-12,16H2,1-3H3,(H,25,28). The highest BCUT2D eigenvalue weighted by Crippen LogP contribution is 2.31. The highest BCUT2D eigenvalue weighted by atomic mass is 32.2. The fourth-order valence-electron chi connectivity index (χ4n) is 4.23. The van der Waals surface area contributed by atoms with Gasteiger partial charge in [-0.05, 0) is 62.4 Å². The van der Waals surface area contributed by atoms with E-state index in [1.807, 2.05) is 31.4 Å². The number of aryl methyl sites for hydroxylation is 1. The number of anilines is 1. The van der Waals surface area contributed by atoms with E-state index in [-0.39, 0.29) is 16.6 Å².